The second-order valence-electron chi connectivity index (χ2n) is 7.96. The number of anilines is 1. The zero-order valence-corrected chi connectivity index (χ0v) is 18.1. The van der Waals surface area contributed by atoms with Crippen molar-refractivity contribution in [1.29, 1.82) is 5.26 Å². The minimum atomic E-state index is -0.685. The number of pyridine rings is 3. The van der Waals surface area contributed by atoms with Crippen molar-refractivity contribution in [3.63, 3.8) is 0 Å². The maximum Gasteiger partial charge on any atom is 0.327 e. The van der Waals surface area contributed by atoms with Crippen LogP contribution in [0.25, 0.3) is 11.3 Å². The van der Waals surface area contributed by atoms with Gasteiger partial charge in [0.15, 0.2) is 0 Å². The monoisotopic (exact) mass is 430 g/mol. The van der Waals surface area contributed by atoms with Gasteiger partial charge in [-0.1, -0.05) is 20.8 Å². The zero-order valence-electron chi connectivity index (χ0n) is 18.1. The lowest BCUT2D eigenvalue weighted by Crippen LogP contribution is -2.41. The predicted molar refractivity (Wildman–Crippen MR) is 118 cm³/mol. The molecule has 0 aliphatic heterocycles. The number of nitriles is 1. The van der Waals surface area contributed by atoms with E-state index in [1.54, 1.807) is 76.5 Å². The van der Waals surface area contributed by atoms with Gasteiger partial charge >= 0.3 is 6.03 Å². The summed E-state index contributed by atoms with van der Waals surface area (Å²) in [6, 6.07) is 11.4. The Bertz CT molecular complexity index is 1190. The number of nitrogens with one attached hydrogen (secondary N) is 2. The summed E-state index contributed by atoms with van der Waals surface area (Å²) in [5, 5.41) is 13.7. The van der Waals surface area contributed by atoms with Crippen molar-refractivity contribution in [2.75, 3.05) is 5.32 Å². The van der Waals surface area contributed by atoms with Crippen LogP contribution in [-0.4, -0.2) is 26.9 Å². The highest BCUT2D eigenvalue weighted by molar-refractivity contribution is 6.02. The van der Waals surface area contributed by atoms with Crippen molar-refractivity contribution in [3.05, 3.63) is 60.2 Å². The molecule has 9 nitrogen and oxygen atoms in total. The van der Waals surface area contributed by atoms with E-state index >= 15 is 0 Å². The largest absolute Gasteiger partial charge is 0.455 e. The van der Waals surface area contributed by atoms with Crippen LogP contribution in [0, 0.1) is 23.7 Å². The predicted octanol–water partition coefficient (Wildman–Crippen LogP) is 4.21. The van der Waals surface area contributed by atoms with E-state index in [0.29, 0.717) is 28.6 Å². The van der Waals surface area contributed by atoms with E-state index in [0.717, 1.165) is 5.56 Å². The van der Waals surface area contributed by atoms with E-state index in [1.807, 2.05) is 6.07 Å². The topological polar surface area (TPSA) is 130 Å². The van der Waals surface area contributed by atoms with Gasteiger partial charge in [0, 0.05) is 29.4 Å². The maximum atomic E-state index is 12.0. The van der Waals surface area contributed by atoms with E-state index in [4.69, 9.17) is 10.00 Å². The second kappa shape index (κ2) is 9.22. The van der Waals surface area contributed by atoms with Crippen LogP contribution in [0.2, 0.25) is 0 Å². The molecule has 0 radical (unpaired) electrons. The van der Waals surface area contributed by atoms with Gasteiger partial charge in [0.1, 0.15) is 29.1 Å². The smallest absolute Gasteiger partial charge is 0.327 e. The van der Waals surface area contributed by atoms with Gasteiger partial charge < -0.3 is 4.74 Å². The fourth-order valence-electron chi connectivity index (χ4n) is 2.53. The molecule has 0 bridgehead atoms. The van der Waals surface area contributed by atoms with Crippen molar-refractivity contribution in [3.8, 4) is 28.8 Å². The fourth-order valence-corrected chi connectivity index (χ4v) is 2.53. The number of urea groups is 1. The number of nitrogens with zero attached hydrogens (tertiary/aromatic N) is 4. The molecular formula is C23H22N6O3. The molecule has 0 aliphatic carbocycles. The molecule has 0 fully saturated rings. The summed E-state index contributed by atoms with van der Waals surface area (Å²) in [4.78, 5) is 36.6. The molecular weight excluding hydrogens is 408 g/mol. The third kappa shape index (κ3) is 5.64. The first-order chi connectivity index (χ1) is 15.2. The molecule has 0 atom stereocenters. The van der Waals surface area contributed by atoms with Crippen molar-refractivity contribution in [2.45, 2.75) is 27.7 Å². The minimum Gasteiger partial charge on any atom is -0.455 e. The average molecular weight is 430 g/mol. The summed E-state index contributed by atoms with van der Waals surface area (Å²) < 4.78 is 5.93. The van der Waals surface area contributed by atoms with Crippen molar-refractivity contribution >= 4 is 17.8 Å². The molecule has 3 rings (SSSR count). The van der Waals surface area contributed by atoms with Crippen LogP contribution in [0.5, 0.6) is 11.5 Å². The van der Waals surface area contributed by atoms with Crippen LogP contribution in [0.3, 0.4) is 0 Å². The van der Waals surface area contributed by atoms with E-state index < -0.39 is 17.4 Å². The molecule has 3 amide bonds. The van der Waals surface area contributed by atoms with Gasteiger partial charge in [-0.25, -0.2) is 14.8 Å². The van der Waals surface area contributed by atoms with E-state index in [2.05, 4.69) is 25.6 Å². The highest BCUT2D eigenvalue weighted by Crippen LogP contribution is 2.28. The van der Waals surface area contributed by atoms with Crippen LogP contribution >= 0.6 is 0 Å². The summed E-state index contributed by atoms with van der Waals surface area (Å²) in [5.41, 5.74) is 1.58. The van der Waals surface area contributed by atoms with Gasteiger partial charge in [-0.3, -0.25) is 20.4 Å². The Morgan fingerprint density at radius 2 is 1.88 bits per heavy atom. The summed E-state index contributed by atoms with van der Waals surface area (Å²) >= 11 is 0. The molecule has 0 saturated carbocycles. The molecule has 3 aromatic rings. The maximum absolute atomic E-state index is 12.0. The third-order valence-corrected chi connectivity index (χ3v) is 4.32. The number of ether oxygens (including phenoxy) is 1. The lowest BCUT2D eigenvalue weighted by molar-refractivity contribution is -0.127. The van der Waals surface area contributed by atoms with Gasteiger partial charge in [0.25, 0.3) is 0 Å². The minimum absolute atomic E-state index is 0.285. The average Bonchev–Trinajstić information content (AvgIpc) is 2.75. The number of aryl methyl sites for hydroxylation is 1. The number of hydrogen-bond donors (Lipinski definition) is 2. The Morgan fingerprint density at radius 1 is 1.09 bits per heavy atom. The van der Waals surface area contributed by atoms with Crippen molar-refractivity contribution in [2.24, 2.45) is 5.41 Å². The molecule has 0 spiro atoms. The first-order valence-corrected chi connectivity index (χ1v) is 9.76. The van der Waals surface area contributed by atoms with Crippen molar-refractivity contribution in [1.82, 2.24) is 20.3 Å². The van der Waals surface area contributed by atoms with Gasteiger partial charge in [-0.2, -0.15) is 5.26 Å². The number of hydrogen-bond acceptors (Lipinski definition) is 7. The third-order valence-electron chi connectivity index (χ3n) is 4.32. The number of carbonyl (C=O) groups excluding carboxylic acids is 2. The standard InChI is InChI=1S/C23H22N6O3/c1-14-19(7-8-20(27-14)28-22(31)29-21(30)23(2,3)4)32-17-9-10-25-18(11-17)15-5-6-16(12-24)26-13-15/h5-11,13H,1-4H3,(H2,27,28,29,30,31). The highest BCUT2D eigenvalue weighted by atomic mass is 16.5. The fraction of sp³-hybridized carbons (Fsp3) is 0.217. The lowest BCUT2D eigenvalue weighted by atomic mass is 9.96. The molecule has 2 N–H and O–H groups in total. The van der Waals surface area contributed by atoms with Crippen molar-refractivity contribution < 1.29 is 14.3 Å². The number of amides is 3. The molecule has 0 unspecified atom stereocenters. The first-order valence-electron chi connectivity index (χ1n) is 9.76. The molecule has 0 aliphatic rings. The van der Waals surface area contributed by atoms with Crippen LogP contribution in [0.4, 0.5) is 10.6 Å². The molecule has 3 heterocycles. The highest BCUT2D eigenvalue weighted by Gasteiger charge is 2.23. The van der Waals surface area contributed by atoms with Gasteiger partial charge in [0.05, 0.1) is 11.4 Å². The Morgan fingerprint density at radius 3 is 2.50 bits per heavy atom. The normalized spacial score (nSPS) is 10.7. The number of aromatic nitrogens is 3. The number of rotatable bonds is 4. The molecule has 3 aromatic heterocycles. The van der Waals surface area contributed by atoms with Crippen LogP contribution in [0.15, 0.2) is 48.8 Å². The molecule has 0 saturated heterocycles. The number of imide groups is 1. The molecule has 0 aromatic carbocycles. The number of carbonyl (C=O) groups is 2. The molecule has 32 heavy (non-hydrogen) atoms. The summed E-state index contributed by atoms with van der Waals surface area (Å²) in [5.74, 6) is 0.932. The second-order valence-corrected chi connectivity index (χ2v) is 7.96. The SMILES string of the molecule is Cc1nc(NC(=O)NC(=O)C(C)(C)C)ccc1Oc1ccnc(-c2ccc(C#N)nc2)c1. The Balaban J connectivity index is 1.70. The van der Waals surface area contributed by atoms with E-state index in [1.165, 1.54) is 0 Å². The zero-order chi connectivity index (χ0) is 23.3. The van der Waals surface area contributed by atoms with Crippen LogP contribution in [-0.2, 0) is 4.79 Å². The molecule has 9 heteroatoms. The van der Waals surface area contributed by atoms with Crippen LogP contribution < -0.4 is 15.4 Å². The molecule has 162 valence electrons. The Labute approximate surface area is 185 Å². The Kier molecular flexibility index (Phi) is 6.45. The van der Waals surface area contributed by atoms with E-state index in [9.17, 15) is 9.59 Å². The van der Waals surface area contributed by atoms with Gasteiger partial charge in [-0.05, 0) is 37.3 Å². The van der Waals surface area contributed by atoms with E-state index in [-0.39, 0.29) is 5.82 Å². The first kappa shape index (κ1) is 22.4. The van der Waals surface area contributed by atoms with Gasteiger partial charge in [0.2, 0.25) is 5.91 Å². The van der Waals surface area contributed by atoms with Gasteiger partial charge in [-0.15, -0.1) is 0 Å². The summed E-state index contributed by atoms with van der Waals surface area (Å²) in [7, 11) is 0. The Hall–Kier alpha value is -4.32. The quantitative estimate of drug-likeness (QED) is 0.634. The summed E-state index contributed by atoms with van der Waals surface area (Å²) in [6.45, 7) is 6.89. The lowest BCUT2D eigenvalue weighted by Gasteiger charge is -2.17. The summed E-state index contributed by atoms with van der Waals surface area (Å²) in [6.07, 6.45) is 3.19. The van der Waals surface area contributed by atoms with Crippen LogP contribution in [0.1, 0.15) is 32.2 Å².